The highest BCUT2D eigenvalue weighted by Crippen LogP contribution is 2.60. The third-order valence-corrected chi connectivity index (χ3v) is 3.77. The van der Waals surface area contributed by atoms with Crippen LogP contribution in [0.25, 0.3) is 0 Å². The molecule has 1 unspecified atom stereocenters. The number of halogens is 3. The summed E-state index contributed by atoms with van der Waals surface area (Å²) >= 11 is 0. The smallest absolute Gasteiger partial charge is 0.321 e. The predicted octanol–water partition coefficient (Wildman–Crippen LogP) is 3.20. The highest BCUT2D eigenvalue weighted by atomic mass is 19.4. The van der Waals surface area contributed by atoms with Crippen LogP contribution in [-0.4, -0.2) is 4.92 Å². The largest absolute Gasteiger partial charge is 0.416 e. The van der Waals surface area contributed by atoms with Gasteiger partial charge in [0.25, 0.3) is 5.69 Å². The minimum atomic E-state index is -4.63. The Balaban J connectivity index is 2.57. The molecule has 0 amide bonds. The number of non-ortho nitro benzene ring substituents is 1. The summed E-state index contributed by atoms with van der Waals surface area (Å²) in [5.74, 6) is 0. The Morgan fingerprint density at radius 3 is 2.21 bits per heavy atom. The Bertz CT molecular complexity index is 554. The van der Waals surface area contributed by atoms with Crippen LogP contribution < -0.4 is 5.73 Å². The first-order valence-electron chi connectivity index (χ1n) is 5.63. The third-order valence-electron chi connectivity index (χ3n) is 3.77. The summed E-state index contributed by atoms with van der Waals surface area (Å²) in [5, 5.41) is 10.7. The van der Waals surface area contributed by atoms with Crippen molar-refractivity contribution in [2.75, 3.05) is 0 Å². The zero-order valence-electron chi connectivity index (χ0n) is 10.4. The van der Waals surface area contributed by atoms with Gasteiger partial charge in [0.2, 0.25) is 0 Å². The van der Waals surface area contributed by atoms with Crippen LogP contribution in [0.1, 0.15) is 31.4 Å². The van der Waals surface area contributed by atoms with E-state index in [1.54, 1.807) is 0 Å². The molecule has 1 aliphatic rings. The van der Waals surface area contributed by atoms with E-state index in [0.29, 0.717) is 12.5 Å². The topological polar surface area (TPSA) is 69.2 Å². The molecule has 0 aromatic heterocycles. The normalized spacial score (nSPS) is 25.2. The van der Waals surface area contributed by atoms with Gasteiger partial charge in [-0.3, -0.25) is 10.1 Å². The van der Waals surface area contributed by atoms with E-state index in [1.165, 1.54) is 0 Å². The lowest BCUT2D eigenvalue weighted by atomic mass is 9.95. The van der Waals surface area contributed by atoms with E-state index in [1.807, 2.05) is 13.8 Å². The van der Waals surface area contributed by atoms with Gasteiger partial charge in [-0.15, -0.1) is 0 Å². The Morgan fingerprint density at radius 1 is 1.32 bits per heavy atom. The monoisotopic (exact) mass is 274 g/mol. The fraction of sp³-hybridized carbons (Fsp3) is 0.500. The van der Waals surface area contributed by atoms with Gasteiger partial charge in [-0.05, 0) is 23.5 Å². The summed E-state index contributed by atoms with van der Waals surface area (Å²) in [4.78, 5) is 9.90. The highest BCUT2D eigenvalue weighted by Gasteiger charge is 2.60. The summed E-state index contributed by atoms with van der Waals surface area (Å²) in [7, 11) is 0. The molecule has 0 heterocycles. The van der Waals surface area contributed by atoms with Gasteiger partial charge in [0.05, 0.1) is 10.5 Å². The van der Waals surface area contributed by atoms with Crippen LogP contribution in [0.4, 0.5) is 18.9 Å². The van der Waals surface area contributed by atoms with Crippen molar-refractivity contribution >= 4 is 5.69 Å². The summed E-state index contributed by atoms with van der Waals surface area (Å²) in [5.41, 5.74) is 3.29. The number of rotatable bonds is 2. The van der Waals surface area contributed by atoms with Gasteiger partial charge >= 0.3 is 6.18 Å². The average molecular weight is 274 g/mol. The van der Waals surface area contributed by atoms with Crippen LogP contribution >= 0.6 is 0 Å². The minimum Gasteiger partial charge on any atom is -0.321 e. The number of hydrogen-bond donors (Lipinski definition) is 1. The fourth-order valence-corrected chi connectivity index (χ4v) is 2.28. The van der Waals surface area contributed by atoms with Crippen LogP contribution in [0.5, 0.6) is 0 Å². The molecule has 2 rings (SSSR count). The Morgan fingerprint density at radius 2 is 1.84 bits per heavy atom. The van der Waals surface area contributed by atoms with Gasteiger partial charge in [-0.25, -0.2) is 0 Å². The Labute approximate surface area is 107 Å². The number of hydrogen-bond acceptors (Lipinski definition) is 3. The highest BCUT2D eigenvalue weighted by molar-refractivity contribution is 5.47. The molecule has 2 N–H and O–H groups in total. The van der Waals surface area contributed by atoms with Crippen molar-refractivity contribution in [3.63, 3.8) is 0 Å². The SMILES string of the molecule is CC1(C)CC1(N)c1cc([N+](=O)[O-])cc(C(F)(F)F)c1. The van der Waals surface area contributed by atoms with Crippen molar-refractivity contribution in [1.29, 1.82) is 0 Å². The molecule has 104 valence electrons. The van der Waals surface area contributed by atoms with Gasteiger partial charge < -0.3 is 5.73 Å². The molecule has 19 heavy (non-hydrogen) atoms. The molecular formula is C12H13F3N2O2. The number of nitrogens with zero attached hydrogens (tertiary/aromatic N) is 1. The number of alkyl halides is 3. The zero-order valence-corrected chi connectivity index (χ0v) is 10.4. The Hall–Kier alpha value is -1.63. The second kappa shape index (κ2) is 3.69. The van der Waals surface area contributed by atoms with Gasteiger partial charge in [-0.1, -0.05) is 13.8 Å². The standard InChI is InChI=1S/C12H13F3N2O2/c1-10(2)6-11(10,16)7-3-8(12(13,14)15)5-9(4-7)17(18)19/h3-5H,6,16H2,1-2H3. The maximum Gasteiger partial charge on any atom is 0.416 e. The summed E-state index contributed by atoms with van der Waals surface area (Å²) in [6.45, 7) is 3.64. The molecule has 0 spiro atoms. The van der Waals surface area contributed by atoms with Crippen LogP contribution in [0.2, 0.25) is 0 Å². The second-order valence-electron chi connectivity index (χ2n) is 5.56. The van der Waals surface area contributed by atoms with Crippen LogP contribution in [0.15, 0.2) is 18.2 Å². The van der Waals surface area contributed by atoms with Crippen LogP contribution in [0, 0.1) is 15.5 Å². The molecule has 4 nitrogen and oxygen atoms in total. The van der Waals surface area contributed by atoms with E-state index in [4.69, 9.17) is 5.73 Å². The molecule has 0 aliphatic heterocycles. The molecule has 1 saturated carbocycles. The molecule has 1 aromatic rings. The van der Waals surface area contributed by atoms with E-state index in [2.05, 4.69) is 0 Å². The molecule has 1 fully saturated rings. The van der Waals surface area contributed by atoms with Crippen molar-refractivity contribution in [2.24, 2.45) is 11.1 Å². The van der Waals surface area contributed by atoms with Crippen molar-refractivity contribution in [1.82, 2.24) is 0 Å². The van der Waals surface area contributed by atoms with Crippen LogP contribution in [-0.2, 0) is 11.7 Å². The summed E-state index contributed by atoms with van der Waals surface area (Å²) in [6, 6.07) is 2.56. The number of nitro groups is 1. The molecule has 0 bridgehead atoms. The first-order valence-corrected chi connectivity index (χ1v) is 5.63. The van der Waals surface area contributed by atoms with Crippen LogP contribution in [0.3, 0.4) is 0 Å². The Kier molecular flexibility index (Phi) is 2.68. The van der Waals surface area contributed by atoms with Gasteiger partial charge in [0, 0.05) is 17.7 Å². The third kappa shape index (κ3) is 2.18. The molecular weight excluding hydrogens is 261 g/mol. The molecule has 0 saturated heterocycles. The van der Waals surface area contributed by atoms with Crippen molar-refractivity contribution < 1.29 is 18.1 Å². The van der Waals surface area contributed by atoms with Crippen molar-refractivity contribution in [3.8, 4) is 0 Å². The minimum absolute atomic E-state index is 0.166. The maximum absolute atomic E-state index is 12.7. The lowest BCUT2D eigenvalue weighted by Crippen LogP contribution is -2.26. The molecule has 1 aliphatic carbocycles. The van der Waals surface area contributed by atoms with Crippen molar-refractivity contribution in [3.05, 3.63) is 39.4 Å². The molecule has 7 heteroatoms. The number of nitrogens with two attached hydrogens (primary N) is 1. The lowest BCUT2D eigenvalue weighted by molar-refractivity contribution is -0.385. The lowest BCUT2D eigenvalue weighted by Gasteiger charge is -2.17. The molecule has 1 aromatic carbocycles. The van der Waals surface area contributed by atoms with Gasteiger partial charge in [0.15, 0.2) is 0 Å². The van der Waals surface area contributed by atoms with Gasteiger partial charge in [0.1, 0.15) is 0 Å². The van der Waals surface area contributed by atoms with Crippen molar-refractivity contribution in [2.45, 2.75) is 32.0 Å². The first kappa shape index (κ1) is 13.8. The van der Waals surface area contributed by atoms with E-state index >= 15 is 0 Å². The quantitative estimate of drug-likeness (QED) is 0.665. The van der Waals surface area contributed by atoms with E-state index in [9.17, 15) is 23.3 Å². The van der Waals surface area contributed by atoms with E-state index in [-0.39, 0.29) is 11.0 Å². The number of nitro benzene ring substituents is 1. The van der Waals surface area contributed by atoms with E-state index < -0.39 is 27.9 Å². The number of benzene rings is 1. The second-order valence-corrected chi connectivity index (χ2v) is 5.56. The predicted molar refractivity (Wildman–Crippen MR) is 62.4 cm³/mol. The zero-order chi connectivity index (χ0) is 14.6. The summed E-state index contributed by atoms with van der Waals surface area (Å²) in [6.07, 6.45) is -4.13. The fourth-order valence-electron chi connectivity index (χ4n) is 2.28. The van der Waals surface area contributed by atoms with Gasteiger partial charge in [-0.2, -0.15) is 13.2 Å². The molecule has 1 atom stereocenters. The average Bonchev–Trinajstić information content (AvgIpc) is 2.77. The van der Waals surface area contributed by atoms with E-state index in [0.717, 1.165) is 12.1 Å². The summed E-state index contributed by atoms with van der Waals surface area (Å²) < 4.78 is 38.2. The maximum atomic E-state index is 12.7. The molecule has 0 radical (unpaired) electrons. The first-order chi connectivity index (χ1) is 8.47.